The van der Waals surface area contributed by atoms with Gasteiger partial charge in [0.15, 0.2) is 0 Å². The maximum Gasteiger partial charge on any atom is 0.248 e. The summed E-state index contributed by atoms with van der Waals surface area (Å²) >= 11 is 0. The Morgan fingerprint density at radius 1 is 1.44 bits per heavy atom. The maximum absolute atomic E-state index is 11.8. The third-order valence-electron chi connectivity index (χ3n) is 2.85. The molecule has 0 aromatic heterocycles. The summed E-state index contributed by atoms with van der Waals surface area (Å²) in [5, 5.41) is 0. The van der Waals surface area contributed by atoms with Crippen LogP contribution in [0.15, 0.2) is 18.2 Å². The van der Waals surface area contributed by atoms with E-state index in [4.69, 9.17) is 9.47 Å². The van der Waals surface area contributed by atoms with Gasteiger partial charge in [-0.15, -0.1) is 0 Å². The molecule has 97 valence electrons. The first-order valence-corrected chi connectivity index (χ1v) is 6.17. The first-order valence-electron chi connectivity index (χ1n) is 6.17. The molecule has 1 fully saturated rings. The van der Waals surface area contributed by atoms with Gasteiger partial charge in [0, 0.05) is 13.1 Å². The van der Waals surface area contributed by atoms with Gasteiger partial charge in [-0.25, -0.2) is 0 Å². The number of rotatable bonds is 4. The predicted molar refractivity (Wildman–Crippen MR) is 67.1 cm³/mol. The number of nitrogens with zero attached hydrogens (tertiary/aromatic N) is 1. The number of carbonyl (C=O) groups is 1. The van der Waals surface area contributed by atoms with Gasteiger partial charge < -0.3 is 14.4 Å². The van der Waals surface area contributed by atoms with Gasteiger partial charge in [-0.1, -0.05) is 18.2 Å². The van der Waals surface area contributed by atoms with Crippen LogP contribution in [0.4, 0.5) is 0 Å². The zero-order valence-corrected chi connectivity index (χ0v) is 10.6. The normalized spacial score (nSPS) is 15.7. The zero-order valence-electron chi connectivity index (χ0n) is 10.6. The van der Waals surface area contributed by atoms with Crippen molar-refractivity contribution in [1.29, 1.82) is 0 Å². The smallest absolute Gasteiger partial charge is 0.248 e. The Balaban J connectivity index is 1.73. The molecule has 1 saturated heterocycles. The standard InChI is InChI=1S/C14H18NO3/c1-12-3-2-4-13(9-12)10-18-11-14(16)15-5-7-17-8-6-15/h2-4H,5-8,10-11H2,1H3. The summed E-state index contributed by atoms with van der Waals surface area (Å²) in [6.45, 7) is 5.12. The molecule has 2 rings (SSSR count). The van der Waals surface area contributed by atoms with Gasteiger partial charge in [-0.3, -0.25) is 4.79 Å². The second-order valence-corrected chi connectivity index (χ2v) is 4.34. The summed E-state index contributed by atoms with van der Waals surface area (Å²) in [5.41, 5.74) is 2.06. The van der Waals surface area contributed by atoms with Crippen LogP contribution in [-0.4, -0.2) is 43.7 Å². The van der Waals surface area contributed by atoms with Crippen molar-refractivity contribution in [2.24, 2.45) is 0 Å². The molecule has 0 unspecified atom stereocenters. The molecule has 1 amide bonds. The number of benzene rings is 1. The highest BCUT2D eigenvalue weighted by Crippen LogP contribution is 2.05. The molecule has 0 spiro atoms. The molecular formula is C14H18NO3. The monoisotopic (exact) mass is 248 g/mol. The molecule has 4 nitrogen and oxygen atoms in total. The fraction of sp³-hybridized carbons (Fsp3) is 0.500. The van der Waals surface area contributed by atoms with Gasteiger partial charge in [0.05, 0.1) is 19.8 Å². The van der Waals surface area contributed by atoms with Crippen molar-refractivity contribution in [3.8, 4) is 0 Å². The molecule has 1 aliphatic heterocycles. The second-order valence-electron chi connectivity index (χ2n) is 4.34. The predicted octanol–water partition coefficient (Wildman–Crippen LogP) is 1.17. The first kappa shape index (κ1) is 13.1. The summed E-state index contributed by atoms with van der Waals surface area (Å²) in [4.78, 5) is 13.6. The molecule has 1 heterocycles. The van der Waals surface area contributed by atoms with Crippen LogP contribution in [0.3, 0.4) is 0 Å². The average molecular weight is 248 g/mol. The van der Waals surface area contributed by atoms with Crippen LogP contribution in [0, 0.1) is 13.0 Å². The Hall–Kier alpha value is -1.39. The van der Waals surface area contributed by atoms with Gasteiger partial charge in [0.2, 0.25) is 5.91 Å². The Bertz CT molecular complexity index is 400. The van der Waals surface area contributed by atoms with Crippen LogP contribution in [0.2, 0.25) is 0 Å². The molecular weight excluding hydrogens is 230 g/mol. The number of carbonyl (C=O) groups excluding carboxylic acids is 1. The van der Waals surface area contributed by atoms with Crippen molar-refractivity contribution in [3.05, 3.63) is 35.4 Å². The van der Waals surface area contributed by atoms with Gasteiger partial charge in [-0.2, -0.15) is 0 Å². The fourth-order valence-corrected chi connectivity index (χ4v) is 1.88. The van der Waals surface area contributed by atoms with Crippen molar-refractivity contribution in [2.75, 3.05) is 32.9 Å². The van der Waals surface area contributed by atoms with Gasteiger partial charge in [0.25, 0.3) is 0 Å². The molecule has 1 radical (unpaired) electrons. The van der Waals surface area contributed by atoms with Gasteiger partial charge in [0.1, 0.15) is 6.61 Å². The quantitative estimate of drug-likeness (QED) is 0.803. The zero-order chi connectivity index (χ0) is 12.8. The van der Waals surface area contributed by atoms with E-state index in [1.807, 2.05) is 25.1 Å². The van der Waals surface area contributed by atoms with E-state index < -0.39 is 0 Å². The number of morpholine rings is 1. The van der Waals surface area contributed by atoms with E-state index in [-0.39, 0.29) is 12.5 Å². The lowest BCUT2D eigenvalue weighted by molar-refractivity contribution is -0.140. The molecule has 0 saturated carbocycles. The molecule has 4 heteroatoms. The molecule has 1 aliphatic rings. The van der Waals surface area contributed by atoms with E-state index in [1.54, 1.807) is 4.90 Å². The number of ether oxygens (including phenoxy) is 2. The van der Waals surface area contributed by atoms with Crippen molar-refractivity contribution in [1.82, 2.24) is 4.90 Å². The highest BCUT2D eigenvalue weighted by molar-refractivity contribution is 5.77. The molecule has 0 atom stereocenters. The van der Waals surface area contributed by atoms with E-state index in [1.165, 1.54) is 0 Å². The van der Waals surface area contributed by atoms with Crippen molar-refractivity contribution in [2.45, 2.75) is 13.5 Å². The third-order valence-corrected chi connectivity index (χ3v) is 2.85. The van der Waals surface area contributed by atoms with Crippen molar-refractivity contribution in [3.63, 3.8) is 0 Å². The number of amides is 1. The van der Waals surface area contributed by atoms with Crippen LogP contribution >= 0.6 is 0 Å². The molecule has 0 N–H and O–H groups in total. The van der Waals surface area contributed by atoms with Crippen molar-refractivity contribution >= 4 is 5.91 Å². The fourth-order valence-electron chi connectivity index (χ4n) is 1.88. The molecule has 0 aliphatic carbocycles. The van der Waals surface area contributed by atoms with E-state index in [9.17, 15) is 4.79 Å². The Morgan fingerprint density at radius 2 is 2.22 bits per heavy atom. The van der Waals surface area contributed by atoms with Crippen LogP contribution in [0.25, 0.3) is 0 Å². The van der Waals surface area contributed by atoms with Gasteiger partial charge >= 0.3 is 0 Å². The first-order chi connectivity index (χ1) is 8.75. The summed E-state index contributed by atoms with van der Waals surface area (Å²) in [5.74, 6) is 0.0333. The van der Waals surface area contributed by atoms with Gasteiger partial charge in [-0.05, 0) is 24.1 Å². The van der Waals surface area contributed by atoms with Crippen molar-refractivity contribution < 1.29 is 14.3 Å². The highest BCUT2D eigenvalue weighted by Gasteiger charge is 2.16. The number of hydrogen-bond acceptors (Lipinski definition) is 3. The van der Waals surface area contributed by atoms with Crippen LogP contribution in [0.1, 0.15) is 11.1 Å². The SMILES string of the molecule is Cc1[c]c(COCC(=O)N2CCOCC2)ccc1. The van der Waals surface area contributed by atoms with Crippen LogP contribution in [-0.2, 0) is 20.9 Å². The summed E-state index contributed by atoms with van der Waals surface area (Å²) in [7, 11) is 0. The van der Waals surface area contributed by atoms with Crippen LogP contribution < -0.4 is 0 Å². The summed E-state index contributed by atoms with van der Waals surface area (Å²) in [6, 6.07) is 9.10. The largest absolute Gasteiger partial charge is 0.378 e. The maximum atomic E-state index is 11.8. The minimum atomic E-state index is 0.0333. The second kappa shape index (κ2) is 6.52. The minimum absolute atomic E-state index is 0.0333. The summed E-state index contributed by atoms with van der Waals surface area (Å²) < 4.78 is 10.6. The minimum Gasteiger partial charge on any atom is -0.378 e. The highest BCUT2D eigenvalue weighted by atomic mass is 16.5. The molecule has 0 bridgehead atoms. The summed E-state index contributed by atoms with van der Waals surface area (Å²) in [6.07, 6.45) is 0. The lowest BCUT2D eigenvalue weighted by atomic mass is 10.1. The van der Waals surface area contributed by atoms with E-state index in [0.717, 1.165) is 11.1 Å². The lowest BCUT2D eigenvalue weighted by Crippen LogP contribution is -2.42. The van der Waals surface area contributed by atoms with E-state index in [2.05, 4.69) is 6.07 Å². The molecule has 1 aromatic carbocycles. The topological polar surface area (TPSA) is 38.8 Å². The Labute approximate surface area is 107 Å². The number of aryl methyl sites for hydroxylation is 1. The number of hydrogen-bond donors (Lipinski definition) is 0. The third kappa shape index (κ3) is 3.82. The Morgan fingerprint density at radius 3 is 2.94 bits per heavy atom. The Kier molecular flexibility index (Phi) is 4.73. The van der Waals surface area contributed by atoms with E-state index >= 15 is 0 Å². The van der Waals surface area contributed by atoms with E-state index in [0.29, 0.717) is 32.9 Å². The molecule has 18 heavy (non-hydrogen) atoms. The lowest BCUT2D eigenvalue weighted by Gasteiger charge is -2.26. The average Bonchev–Trinajstić information content (AvgIpc) is 2.40. The van der Waals surface area contributed by atoms with Crippen LogP contribution in [0.5, 0.6) is 0 Å². The molecule has 1 aromatic rings.